The molecule has 0 aliphatic heterocycles. The Morgan fingerprint density at radius 3 is 2.68 bits per heavy atom. The highest BCUT2D eigenvalue weighted by Gasteiger charge is 2.05. The SMILES string of the molecule is O=C(CCc1cccc(Cl)c1)Nc1ccccc1Br. The first-order chi connectivity index (χ1) is 9.15. The van der Waals surface area contributed by atoms with E-state index in [0.717, 1.165) is 15.7 Å². The molecule has 0 aliphatic rings. The number of carbonyl (C=O) groups is 1. The Balaban J connectivity index is 1.90. The second-order valence-electron chi connectivity index (χ2n) is 4.16. The molecular weight excluding hydrogens is 326 g/mol. The number of hydrogen-bond donors (Lipinski definition) is 1. The number of anilines is 1. The van der Waals surface area contributed by atoms with Crippen molar-refractivity contribution in [1.29, 1.82) is 0 Å². The molecule has 0 radical (unpaired) electrons. The van der Waals surface area contributed by atoms with E-state index in [1.165, 1.54) is 0 Å². The zero-order chi connectivity index (χ0) is 13.7. The molecule has 0 aliphatic carbocycles. The first kappa shape index (κ1) is 14.1. The number of rotatable bonds is 4. The van der Waals surface area contributed by atoms with Crippen LogP contribution in [0, 0.1) is 0 Å². The number of amides is 1. The lowest BCUT2D eigenvalue weighted by Gasteiger charge is -2.07. The summed E-state index contributed by atoms with van der Waals surface area (Å²) in [7, 11) is 0. The van der Waals surface area contributed by atoms with E-state index in [0.29, 0.717) is 17.9 Å². The number of carbonyl (C=O) groups excluding carboxylic acids is 1. The summed E-state index contributed by atoms with van der Waals surface area (Å²) in [5, 5.41) is 3.57. The molecule has 2 aromatic carbocycles. The van der Waals surface area contributed by atoms with Crippen LogP contribution in [-0.4, -0.2) is 5.91 Å². The lowest BCUT2D eigenvalue weighted by Crippen LogP contribution is -2.12. The second kappa shape index (κ2) is 6.73. The van der Waals surface area contributed by atoms with Crippen molar-refractivity contribution in [2.75, 3.05) is 5.32 Å². The minimum absolute atomic E-state index is 0.00752. The van der Waals surface area contributed by atoms with Gasteiger partial charge in [0.15, 0.2) is 0 Å². The van der Waals surface area contributed by atoms with E-state index in [1.807, 2.05) is 48.5 Å². The fourth-order valence-corrected chi connectivity index (χ4v) is 2.32. The maximum absolute atomic E-state index is 11.9. The minimum Gasteiger partial charge on any atom is -0.325 e. The van der Waals surface area contributed by atoms with Gasteiger partial charge in [0, 0.05) is 15.9 Å². The largest absolute Gasteiger partial charge is 0.325 e. The molecule has 0 spiro atoms. The smallest absolute Gasteiger partial charge is 0.224 e. The molecule has 2 aromatic rings. The molecule has 19 heavy (non-hydrogen) atoms. The summed E-state index contributed by atoms with van der Waals surface area (Å²) in [4.78, 5) is 11.9. The van der Waals surface area contributed by atoms with Gasteiger partial charge in [0.2, 0.25) is 5.91 Å². The third kappa shape index (κ3) is 4.37. The Hall–Kier alpha value is -1.32. The molecule has 2 nitrogen and oxygen atoms in total. The third-order valence-corrected chi connectivity index (χ3v) is 3.60. The van der Waals surface area contributed by atoms with Gasteiger partial charge in [-0.05, 0) is 52.2 Å². The van der Waals surface area contributed by atoms with E-state index >= 15 is 0 Å². The van der Waals surface area contributed by atoms with Crippen molar-refractivity contribution < 1.29 is 4.79 Å². The van der Waals surface area contributed by atoms with E-state index in [1.54, 1.807) is 0 Å². The molecule has 0 heterocycles. The lowest BCUT2D eigenvalue weighted by molar-refractivity contribution is -0.116. The topological polar surface area (TPSA) is 29.1 Å². The maximum atomic E-state index is 11.9. The zero-order valence-electron chi connectivity index (χ0n) is 10.2. The van der Waals surface area contributed by atoms with Gasteiger partial charge in [0.05, 0.1) is 5.69 Å². The fourth-order valence-electron chi connectivity index (χ4n) is 1.73. The van der Waals surface area contributed by atoms with Gasteiger partial charge in [-0.1, -0.05) is 35.9 Å². The molecule has 4 heteroatoms. The molecule has 0 aromatic heterocycles. The summed E-state index contributed by atoms with van der Waals surface area (Å²) < 4.78 is 0.881. The van der Waals surface area contributed by atoms with E-state index in [2.05, 4.69) is 21.2 Å². The Bertz CT molecular complexity index is 586. The van der Waals surface area contributed by atoms with Crippen LogP contribution in [0.1, 0.15) is 12.0 Å². The van der Waals surface area contributed by atoms with Crippen molar-refractivity contribution in [2.45, 2.75) is 12.8 Å². The van der Waals surface area contributed by atoms with Gasteiger partial charge in [-0.15, -0.1) is 0 Å². The van der Waals surface area contributed by atoms with Crippen LogP contribution in [0.2, 0.25) is 5.02 Å². The number of hydrogen-bond acceptors (Lipinski definition) is 1. The number of aryl methyl sites for hydroxylation is 1. The molecular formula is C15H13BrClNO. The standard InChI is InChI=1S/C15H13BrClNO/c16-13-6-1-2-7-14(13)18-15(19)9-8-11-4-3-5-12(17)10-11/h1-7,10H,8-9H2,(H,18,19). The van der Waals surface area contributed by atoms with Crippen LogP contribution in [0.25, 0.3) is 0 Å². The van der Waals surface area contributed by atoms with Crippen LogP contribution in [0.5, 0.6) is 0 Å². The van der Waals surface area contributed by atoms with Gasteiger partial charge in [-0.3, -0.25) is 4.79 Å². The predicted octanol–water partition coefficient (Wildman–Crippen LogP) is 4.67. The van der Waals surface area contributed by atoms with Crippen molar-refractivity contribution in [3.05, 3.63) is 63.6 Å². The van der Waals surface area contributed by atoms with Crippen LogP contribution in [0.3, 0.4) is 0 Å². The molecule has 0 atom stereocenters. The van der Waals surface area contributed by atoms with Crippen LogP contribution < -0.4 is 5.32 Å². The van der Waals surface area contributed by atoms with Gasteiger partial charge in [-0.2, -0.15) is 0 Å². The average molecular weight is 339 g/mol. The highest BCUT2D eigenvalue weighted by molar-refractivity contribution is 9.10. The number of benzene rings is 2. The van der Waals surface area contributed by atoms with Crippen LogP contribution in [0.15, 0.2) is 53.0 Å². The summed E-state index contributed by atoms with van der Waals surface area (Å²) >= 11 is 9.30. The molecule has 1 amide bonds. The predicted molar refractivity (Wildman–Crippen MR) is 82.5 cm³/mol. The first-order valence-electron chi connectivity index (χ1n) is 5.94. The summed E-state index contributed by atoms with van der Waals surface area (Å²) in [5.74, 6) is -0.00752. The van der Waals surface area contributed by atoms with E-state index in [-0.39, 0.29) is 5.91 Å². The average Bonchev–Trinajstić information content (AvgIpc) is 2.39. The van der Waals surface area contributed by atoms with Crippen molar-refractivity contribution >= 4 is 39.1 Å². The normalized spacial score (nSPS) is 10.2. The molecule has 0 saturated carbocycles. The number of para-hydroxylation sites is 1. The Morgan fingerprint density at radius 2 is 1.95 bits per heavy atom. The maximum Gasteiger partial charge on any atom is 0.224 e. The molecule has 1 N–H and O–H groups in total. The Morgan fingerprint density at radius 1 is 1.16 bits per heavy atom. The van der Waals surface area contributed by atoms with E-state index in [9.17, 15) is 4.79 Å². The third-order valence-electron chi connectivity index (χ3n) is 2.68. The molecule has 98 valence electrons. The summed E-state index contributed by atoms with van der Waals surface area (Å²) in [6, 6.07) is 15.1. The van der Waals surface area contributed by atoms with Crippen LogP contribution in [0.4, 0.5) is 5.69 Å². The quantitative estimate of drug-likeness (QED) is 0.862. The van der Waals surface area contributed by atoms with Gasteiger partial charge >= 0.3 is 0 Å². The summed E-state index contributed by atoms with van der Waals surface area (Å²) in [6.45, 7) is 0. The van der Waals surface area contributed by atoms with Gasteiger partial charge in [0.25, 0.3) is 0 Å². The van der Waals surface area contributed by atoms with Gasteiger partial charge < -0.3 is 5.32 Å². The summed E-state index contributed by atoms with van der Waals surface area (Å²) in [6.07, 6.45) is 1.11. The number of nitrogens with one attached hydrogen (secondary N) is 1. The lowest BCUT2D eigenvalue weighted by atomic mass is 10.1. The molecule has 0 saturated heterocycles. The molecule has 0 bridgehead atoms. The van der Waals surface area contributed by atoms with Crippen LogP contribution in [-0.2, 0) is 11.2 Å². The van der Waals surface area contributed by atoms with Gasteiger partial charge in [-0.25, -0.2) is 0 Å². The summed E-state index contributed by atoms with van der Waals surface area (Å²) in [5.41, 5.74) is 1.85. The van der Waals surface area contributed by atoms with Crippen molar-refractivity contribution in [3.63, 3.8) is 0 Å². The highest BCUT2D eigenvalue weighted by atomic mass is 79.9. The monoisotopic (exact) mass is 337 g/mol. The van der Waals surface area contributed by atoms with Crippen molar-refractivity contribution in [2.24, 2.45) is 0 Å². The second-order valence-corrected chi connectivity index (χ2v) is 5.45. The molecule has 0 unspecified atom stereocenters. The van der Waals surface area contributed by atoms with Crippen molar-refractivity contribution in [3.8, 4) is 0 Å². The van der Waals surface area contributed by atoms with Crippen LogP contribution >= 0.6 is 27.5 Å². The zero-order valence-corrected chi connectivity index (χ0v) is 12.5. The number of halogens is 2. The molecule has 0 fully saturated rings. The minimum atomic E-state index is -0.00752. The Labute approximate surface area is 125 Å². The fraction of sp³-hybridized carbons (Fsp3) is 0.133. The Kier molecular flexibility index (Phi) is 5.00. The van der Waals surface area contributed by atoms with E-state index < -0.39 is 0 Å². The van der Waals surface area contributed by atoms with E-state index in [4.69, 9.17) is 11.6 Å². The molecule has 2 rings (SSSR count). The van der Waals surface area contributed by atoms with Crippen molar-refractivity contribution in [1.82, 2.24) is 0 Å². The first-order valence-corrected chi connectivity index (χ1v) is 7.11. The van der Waals surface area contributed by atoms with Gasteiger partial charge in [0.1, 0.15) is 0 Å². The highest BCUT2D eigenvalue weighted by Crippen LogP contribution is 2.21.